The fourth-order valence-electron chi connectivity index (χ4n) is 12.5. The van der Waals surface area contributed by atoms with Gasteiger partial charge < -0.3 is 18.6 Å². The second kappa shape index (κ2) is 29.6. The lowest BCUT2D eigenvalue weighted by molar-refractivity contribution is 0.00578. The van der Waals surface area contributed by atoms with Gasteiger partial charge in [-0.05, 0) is 101 Å². The zero-order valence-electron chi connectivity index (χ0n) is 60.6. The van der Waals surface area contributed by atoms with Crippen LogP contribution in [-0.2, 0) is 29.4 Å². The van der Waals surface area contributed by atoms with E-state index in [1.165, 1.54) is 22.3 Å². The minimum absolute atomic E-state index is 0.150. The maximum Gasteiger partial charge on any atom is 0.494 e. The van der Waals surface area contributed by atoms with Crippen LogP contribution in [0.1, 0.15) is 105 Å². The summed E-state index contributed by atoms with van der Waals surface area (Å²) in [4.78, 5) is 28.8. The molecule has 0 saturated carbocycles. The number of halogens is 1. The van der Waals surface area contributed by atoms with E-state index in [9.17, 15) is 0 Å². The first-order valence-electron chi connectivity index (χ1n) is 35.2. The fourth-order valence-corrected chi connectivity index (χ4v) is 12.7. The lowest BCUT2D eigenvalue weighted by Crippen LogP contribution is -2.41. The molecule has 10 nitrogen and oxygen atoms in total. The Balaban J connectivity index is 0.000000154. The van der Waals surface area contributed by atoms with E-state index in [1.807, 2.05) is 133 Å². The Labute approximate surface area is 613 Å². The van der Waals surface area contributed by atoms with Crippen LogP contribution < -0.4 is 10.9 Å². The zero-order valence-corrected chi connectivity index (χ0v) is 61.4. The smallest absolute Gasteiger partial charge is 0.399 e. The lowest BCUT2D eigenvalue weighted by Gasteiger charge is -2.32. The van der Waals surface area contributed by atoms with Crippen LogP contribution in [0, 0.1) is 0 Å². The predicted octanol–water partition coefficient (Wildman–Crippen LogP) is 20.7. The maximum absolute atomic E-state index is 6.21. The predicted molar refractivity (Wildman–Crippen MR) is 423 cm³/mol. The molecule has 0 bridgehead atoms. The molecule has 2 aliphatic heterocycles. The van der Waals surface area contributed by atoms with Crippen LogP contribution in [0.15, 0.2) is 297 Å². The Morgan fingerprint density at radius 1 is 0.252 bits per heavy atom. The summed E-state index contributed by atoms with van der Waals surface area (Å²) in [6, 6.07) is 101. The van der Waals surface area contributed by atoms with Crippen molar-refractivity contribution in [2.24, 2.45) is 0 Å². The molecule has 5 heterocycles. The number of benzene rings is 10. The molecule has 10 aromatic carbocycles. The molecular weight excluding hydrogens is 1290 g/mol. The van der Waals surface area contributed by atoms with E-state index in [1.54, 1.807) is 6.07 Å². The molecule has 2 fully saturated rings. The van der Waals surface area contributed by atoms with Gasteiger partial charge in [0.2, 0.25) is 0 Å². The van der Waals surface area contributed by atoms with Crippen LogP contribution >= 0.6 is 11.6 Å². The molecule has 2 aliphatic rings. The first kappa shape index (κ1) is 71.1. The number of aromatic nitrogens is 6. The number of hydrogen-bond acceptors (Lipinski definition) is 10. The van der Waals surface area contributed by atoms with Gasteiger partial charge in [-0.15, -0.1) is 0 Å². The Hall–Kier alpha value is -10.3. The summed E-state index contributed by atoms with van der Waals surface area (Å²) in [5.74, 6) is 2.07. The molecular formula is C90H85B2ClN6O4. The third-order valence-corrected chi connectivity index (χ3v) is 20.8. The van der Waals surface area contributed by atoms with Gasteiger partial charge in [0, 0.05) is 61.4 Å². The van der Waals surface area contributed by atoms with Crippen molar-refractivity contribution in [3.05, 3.63) is 325 Å². The molecule has 0 N–H and O–H groups in total. The van der Waals surface area contributed by atoms with Gasteiger partial charge in [-0.25, -0.2) is 29.9 Å². The molecule has 2 saturated heterocycles. The normalized spacial score (nSPS) is 15.0. The van der Waals surface area contributed by atoms with Gasteiger partial charge in [-0.1, -0.05) is 318 Å². The summed E-state index contributed by atoms with van der Waals surface area (Å²) in [5.41, 5.74) is 17.9. The lowest BCUT2D eigenvalue weighted by atomic mass is 9.73. The molecule has 15 rings (SSSR count). The largest absolute Gasteiger partial charge is 0.494 e. The quantitative estimate of drug-likeness (QED) is 0.0770. The van der Waals surface area contributed by atoms with E-state index in [0.717, 1.165) is 83.9 Å². The average molecular weight is 1370 g/mol. The van der Waals surface area contributed by atoms with Crippen molar-refractivity contribution in [3.8, 4) is 90.5 Å². The van der Waals surface area contributed by atoms with Crippen molar-refractivity contribution in [2.45, 2.75) is 116 Å². The van der Waals surface area contributed by atoms with E-state index >= 15 is 0 Å². The highest BCUT2D eigenvalue weighted by molar-refractivity contribution is 6.62. The Kier molecular flexibility index (Phi) is 20.4. The van der Waals surface area contributed by atoms with Gasteiger partial charge >= 0.3 is 14.2 Å². The van der Waals surface area contributed by atoms with E-state index in [-0.39, 0.29) is 47.5 Å². The molecule has 13 heteroatoms. The molecule has 0 radical (unpaired) electrons. The van der Waals surface area contributed by atoms with Crippen LogP contribution in [0.3, 0.4) is 0 Å². The minimum atomic E-state index is -0.341. The molecule has 3 aromatic heterocycles. The topological polar surface area (TPSA) is 114 Å². The molecule has 0 amide bonds. The summed E-state index contributed by atoms with van der Waals surface area (Å²) >= 11 is 6.10. The first-order valence-corrected chi connectivity index (χ1v) is 35.6. The molecule has 0 unspecified atom stereocenters. The van der Waals surface area contributed by atoms with Crippen molar-refractivity contribution in [3.63, 3.8) is 0 Å². The zero-order chi connectivity index (χ0) is 72.2. The van der Waals surface area contributed by atoms with Crippen molar-refractivity contribution >= 4 is 36.8 Å². The van der Waals surface area contributed by atoms with Gasteiger partial charge in [0.1, 0.15) is 5.15 Å². The Bertz CT molecular complexity index is 4560. The van der Waals surface area contributed by atoms with Gasteiger partial charge in [0.15, 0.2) is 17.5 Å². The summed E-state index contributed by atoms with van der Waals surface area (Å²) in [7, 11) is -0.683. The summed E-state index contributed by atoms with van der Waals surface area (Å²) in [5, 5.41) is 0.452. The van der Waals surface area contributed by atoms with Crippen LogP contribution in [-0.4, -0.2) is 66.5 Å². The van der Waals surface area contributed by atoms with Crippen LogP contribution in [0.4, 0.5) is 0 Å². The molecule has 512 valence electrons. The van der Waals surface area contributed by atoms with Crippen molar-refractivity contribution in [2.75, 3.05) is 0 Å². The molecule has 0 atom stereocenters. The van der Waals surface area contributed by atoms with Crippen LogP contribution in [0.5, 0.6) is 0 Å². The maximum atomic E-state index is 6.21. The van der Waals surface area contributed by atoms with Gasteiger partial charge in [-0.3, -0.25) is 0 Å². The first-order chi connectivity index (χ1) is 49.4. The molecule has 13 aromatic rings. The second-order valence-electron chi connectivity index (χ2n) is 29.3. The van der Waals surface area contributed by atoms with Gasteiger partial charge in [-0.2, -0.15) is 0 Å². The second-order valence-corrected chi connectivity index (χ2v) is 29.7. The summed E-state index contributed by atoms with van der Waals surface area (Å²) < 4.78 is 24.8. The summed E-state index contributed by atoms with van der Waals surface area (Å²) in [6.07, 6.45) is 0. The summed E-state index contributed by atoms with van der Waals surface area (Å²) in [6.45, 7) is 25.7. The third kappa shape index (κ3) is 15.9. The fraction of sp³-hybridized carbons (Fsp3) is 0.200. The molecule has 0 spiro atoms. The van der Waals surface area contributed by atoms with E-state index in [2.05, 4.69) is 251 Å². The van der Waals surface area contributed by atoms with Crippen molar-refractivity contribution in [1.29, 1.82) is 0 Å². The van der Waals surface area contributed by atoms with Crippen LogP contribution in [0.2, 0.25) is 5.15 Å². The van der Waals surface area contributed by atoms with E-state index < -0.39 is 0 Å². The average Bonchev–Trinajstić information content (AvgIpc) is 1.67. The third-order valence-electron chi connectivity index (χ3n) is 20.6. The Morgan fingerprint density at radius 3 is 0.709 bits per heavy atom. The minimum Gasteiger partial charge on any atom is -0.399 e. The van der Waals surface area contributed by atoms with E-state index in [0.29, 0.717) is 22.6 Å². The number of rotatable bonds is 14. The van der Waals surface area contributed by atoms with Crippen LogP contribution in [0.25, 0.3) is 90.5 Å². The highest BCUT2D eigenvalue weighted by Crippen LogP contribution is 2.41. The highest BCUT2D eigenvalue weighted by atomic mass is 35.5. The SMILES string of the molecule is CC(C)(c1ccc(-c2cc(-c3ccccc3)nc(-c3ccccc3)n2)cc1)c1ccc(-c2cc(-c3ccccc3)nc(-c3ccccc3)n2)cc1.CC(C)(c1ccc(B2OC(C)(C)C(C)(C)O2)cc1)c1ccc(B2OC(C)(C)C(C)(C)O2)cc1.Clc1cc(-c2ccccc2)nc(-c2ccccc2)n1. The van der Waals surface area contributed by atoms with Crippen molar-refractivity contribution in [1.82, 2.24) is 29.9 Å². The van der Waals surface area contributed by atoms with Gasteiger partial charge in [0.25, 0.3) is 0 Å². The number of hydrogen-bond donors (Lipinski definition) is 0. The molecule has 103 heavy (non-hydrogen) atoms. The highest BCUT2D eigenvalue weighted by Gasteiger charge is 2.53. The van der Waals surface area contributed by atoms with E-state index in [4.69, 9.17) is 50.2 Å². The van der Waals surface area contributed by atoms with Gasteiger partial charge in [0.05, 0.1) is 50.9 Å². The number of nitrogens with zero attached hydrogens (tertiary/aromatic N) is 6. The monoisotopic (exact) mass is 1370 g/mol. The van der Waals surface area contributed by atoms with Crippen molar-refractivity contribution < 1.29 is 18.6 Å². The molecule has 0 aliphatic carbocycles. The standard InChI is InChI=1S/C47H36N4.C27H38B2O4.C16H11ClN2/c1-47(2,39-27-23-35(24-28-39)43-31-41(33-15-7-3-8-16-33)48-45(50-43)37-19-11-5-12-20-37)40-29-25-36(26-30-40)44-32-42(34-17-9-4-10-18-34)49-46(51-44)38-21-13-6-14-22-38;1-23(2,19-11-15-21(16-12-19)28-30-24(3,4)25(5,6)31-28)20-13-17-22(18-14-20)29-32-26(7,8)27(9,10)33-29;17-15-11-14(12-7-3-1-4-8-12)18-16(19-15)13-9-5-2-6-10-13/h3-32H,1-2H3;11-18H,1-10H3;1-11H. The Morgan fingerprint density at radius 2 is 0.456 bits per heavy atom.